The highest BCUT2D eigenvalue weighted by Gasteiger charge is 2.17. The van der Waals surface area contributed by atoms with Crippen LogP contribution < -0.4 is 14.8 Å². The smallest absolute Gasteiger partial charge is 0.269 e. The predicted molar refractivity (Wildman–Crippen MR) is 120 cm³/mol. The summed E-state index contributed by atoms with van der Waals surface area (Å²) in [7, 11) is 4.94. The molecule has 0 atom stereocenters. The Labute approximate surface area is 184 Å². The Kier molecular flexibility index (Phi) is 5.99. The number of amides is 1. The van der Waals surface area contributed by atoms with Crippen molar-refractivity contribution in [2.75, 3.05) is 14.2 Å². The Morgan fingerprint density at radius 2 is 1.97 bits per heavy atom. The minimum Gasteiger partial charge on any atom is -0.497 e. The van der Waals surface area contributed by atoms with Crippen molar-refractivity contribution in [1.29, 1.82) is 0 Å². The van der Waals surface area contributed by atoms with Crippen LogP contribution >= 0.6 is 11.3 Å². The fourth-order valence-corrected chi connectivity index (χ4v) is 3.93. The van der Waals surface area contributed by atoms with Crippen molar-refractivity contribution >= 4 is 17.2 Å². The molecule has 0 aliphatic heterocycles. The van der Waals surface area contributed by atoms with Crippen LogP contribution in [0.15, 0.2) is 59.6 Å². The van der Waals surface area contributed by atoms with Gasteiger partial charge in [-0.3, -0.25) is 14.5 Å². The van der Waals surface area contributed by atoms with Crippen LogP contribution in [0.4, 0.5) is 0 Å². The number of thiophene rings is 1. The molecule has 4 aromatic rings. The summed E-state index contributed by atoms with van der Waals surface area (Å²) >= 11 is 1.64. The highest BCUT2D eigenvalue weighted by Crippen LogP contribution is 2.33. The van der Waals surface area contributed by atoms with E-state index < -0.39 is 0 Å². The Hall–Kier alpha value is -3.65. The fraction of sp³-hybridized carbons (Fsp3) is 0.174. The van der Waals surface area contributed by atoms with Gasteiger partial charge in [0.25, 0.3) is 5.91 Å². The van der Waals surface area contributed by atoms with Gasteiger partial charge in [0, 0.05) is 37.1 Å². The highest BCUT2D eigenvalue weighted by molar-refractivity contribution is 7.08. The van der Waals surface area contributed by atoms with Crippen molar-refractivity contribution in [1.82, 2.24) is 20.1 Å². The molecule has 4 rings (SSSR count). The Balaban J connectivity index is 1.52. The third-order valence-electron chi connectivity index (χ3n) is 4.90. The molecule has 0 saturated heterocycles. The highest BCUT2D eigenvalue weighted by atomic mass is 32.1. The van der Waals surface area contributed by atoms with Crippen LogP contribution in [0.25, 0.3) is 22.4 Å². The van der Waals surface area contributed by atoms with Gasteiger partial charge in [0.05, 0.1) is 19.9 Å². The molecule has 0 aliphatic carbocycles. The van der Waals surface area contributed by atoms with Crippen molar-refractivity contribution in [3.05, 3.63) is 70.8 Å². The van der Waals surface area contributed by atoms with Gasteiger partial charge in [-0.2, -0.15) is 16.4 Å². The van der Waals surface area contributed by atoms with Crippen LogP contribution in [0.3, 0.4) is 0 Å². The normalized spacial score (nSPS) is 10.7. The number of pyridine rings is 1. The van der Waals surface area contributed by atoms with Crippen molar-refractivity contribution in [3.8, 4) is 33.9 Å². The number of hydrogen-bond donors (Lipinski definition) is 1. The summed E-state index contributed by atoms with van der Waals surface area (Å²) in [6.45, 7) is 0.368. The zero-order valence-corrected chi connectivity index (χ0v) is 18.3. The number of aryl methyl sites for hydroxylation is 1. The first-order valence-corrected chi connectivity index (χ1v) is 10.5. The van der Waals surface area contributed by atoms with Gasteiger partial charge in [0.1, 0.15) is 17.2 Å². The molecule has 8 heteroatoms. The van der Waals surface area contributed by atoms with E-state index in [9.17, 15) is 4.79 Å². The van der Waals surface area contributed by atoms with Crippen LogP contribution in [-0.4, -0.2) is 34.9 Å². The summed E-state index contributed by atoms with van der Waals surface area (Å²) in [5.41, 5.74) is 4.90. The molecule has 1 N–H and O–H groups in total. The van der Waals surface area contributed by atoms with Crippen molar-refractivity contribution in [2.24, 2.45) is 7.05 Å². The second-order valence-corrected chi connectivity index (χ2v) is 7.66. The maximum Gasteiger partial charge on any atom is 0.269 e. The molecule has 1 amide bonds. The molecule has 3 heterocycles. The summed E-state index contributed by atoms with van der Waals surface area (Å²) in [6, 6.07) is 11.3. The van der Waals surface area contributed by atoms with Crippen LogP contribution in [0.2, 0.25) is 0 Å². The first-order valence-electron chi connectivity index (χ1n) is 9.60. The number of nitrogens with zero attached hydrogens (tertiary/aromatic N) is 3. The number of carbonyl (C=O) groups is 1. The fourth-order valence-electron chi connectivity index (χ4n) is 3.27. The number of ether oxygens (including phenoxy) is 2. The SMILES string of the molecule is COc1ccc(OC)c(-c2cc(C(=O)NCc3cncc(-c4ccsc4)c3)n(C)n2)c1. The average Bonchev–Trinajstić information content (AvgIpc) is 3.47. The van der Waals surface area contributed by atoms with Gasteiger partial charge in [-0.15, -0.1) is 0 Å². The number of rotatable bonds is 7. The third kappa shape index (κ3) is 4.44. The Morgan fingerprint density at radius 3 is 2.71 bits per heavy atom. The zero-order valence-electron chi connectivity index (χ0n) is 17.5. The van der Waals surface area contributed by atoms with Gasteiger partial charge in [-0.05, 0) is 58.3 Å². The van der Waals surface area contributed by atoms with E-state index in [4.69, 9.17) is 9.47 Å². The van der Waals surface area contributed by atoms with E-state index in [0.29, 0.717) is 29.4 Å². The molecule has 158 valence electrons. The van der Waals surface area contributed by atoms with Gasteiger partial charge < -0.3 is 14.8 Å². The minimum absolute atomic E-state index is 0.218. The first-order chi connectivity index (χ1) is 15.1. The molecular formula is C23H22N4O3S. The molecule has 3 aromatic heterocycles. The number of aromatic nitrogens is 3. The Bertz CT molecular complexity index is 1200. The molecule has 0 saturated carbocycles. The average molecular weight is 435 g/mol. The predicted octanol–water partition coefficient (Wildman–Crippen LogP) is 4.16. The maximum absolute atomic E-state index is 12.8. The second kappa shape index (κ2) is 9.01. The number of hydrogen-bond acceptors (Lipinski definition) is 6. The summed E-state index contributed by atoms with van der Waals surface area (Å²) < 4.78 is 12.3. The molecule has 0 bridgehead atoms. The van der Waals surface area contributed by atoms with Gasteiger partial charge >= 0.3 is 0 Å². The summed E-state index contributed by atoms with van der Waals surface area (Å²) in [5.74, 6) is 1.12. The number of methoxy groups -OCH3 is 2. The number of carbonyl (C=O) groups excluding carboxylic acids is 1. The van der Waals surface area contributed by atoms with Crippen molar-refractivity contribution in [3.63, 3.8) is 0 Å². The summed E-state index contributed by atoms with van der Waals surface area (Å²) in [4.78, 5) is 17.1. The monoisotopic (exact) mass is 434 g/mol. The summed E-state index contributed by atoms with van der Waals surface area (Å²) in [6.07, 6.45) is 3.58. The molecule has 0 unspecified atom stereocenters. The Morgan fingerprint density at radius 1 is 1.10 bits per heavy atom. The van der Waals surface area contributed by atoms with E-state index >= 15 is 0 Å². The van der Waals surface area contributed by atoms with Crippen LogP contribution in [-0.2, 0) is 13.6 Å². The van der Waals surface area contributed by atoms with Crippen molar-refractivity contribution < 1.29 is 14.3 Å². The van der Waals surface area contributed by atoms with E-state index in [2.05, 4.69) is 20.8 Å². The van der Waals surface area contributed by atoms with E-state index in [0.717, 1.165) is 22.3 Å². The topological polar surface area (TPSA) is 78.3 Å². The van der Waals surface area contributed by atoms with Gasteiger partial charge in [-0.25, -0.2) is 0 Å². The van der Waals surface area contributed by atoms with E-state index in [1.807, 2.05) is 41.9 Å². The lowest BCUT2D eigenvalue weighted by molar-refractivity contribution is 0.0941. The van der Waals surface area contributed by atoms with Crippen LogP contribution in [0.1, 0.15) is 16.1 Å². The number of benzene rings is 1. The molecule has 0 fully saturated rings. The molecule has 7 nitrogen and oxygen atoms in total. The van der Waals surface area contributed by atoms with E-state index in [1.54, 1.807) is 49.5 Å². The van der Waals surface area contributed by atoms with Crippen LogP contribution in [0, 0.1) is 0 Å². The maximum atomic E-state index is 12.8. The van der Waals surface area contributed by atoms with Crippen molar-refractivity contribution in [2.45, 2.75) is 6.54 Å². The number of nitrogens with one attached hydrogen (secondary N) is 1. The quantitative estimate of drug-likeness (QED) is 0.473. The van der Waals surface area contributed by atoms with Gasteiger partial charge in [0.15, 0.2) is 0 Å². The second-order valence-electron chi connectivity index (χ2n) is 6.88. The largest absolute Gasteiger partial charge is 0.497 e. The molecular weight excluding hydrogens is 412 g/mol. The zero-order chi connectivity index (χ0) is 21.8. The molecule has 1 aromatic carbocycles. The standard InChI is InChI=1S/C23H22N4O3S/c1-27-21(10-20(26-27)19-9-18(29-2)4-5-22(19)30-3)23(28)25-12-15-8-17(13-24-11-15)16-6-7-31-14-16/h4-11,13-14H,12H2,1-3H3,(H,25,28). The molecule has 31 heavy (non-hydrogen) atoms. The van der Waals surface area contributed by atoms with Gasteiger partial charge in [-0.1, -0.05) is 0 Å². The first kappa shape index (κ1) is 20.6. The lowest BCUT2D eigenvalue weighted by Crippen LogP contribution is -2.25. The minimum atomic E-state index is -0.218. The molecule has 0 spiro atoms. The van der Waals surface area contributed by atoms with Gasteiger partial charge in [0.2, 0.25) is 0 Å². The molecule has 0 radical (unpaired) electrons. The lowest BCUT2D eigenvalue weighted by atomic mass is 10.1. The van der Waals surface area contributed by atoms with E-state index in [-0.39, 0.29) is 5.91 Å². The van der Waals surface area contributed by atoms with E-state index in [1.165, 1.54) is 0 Å². The summed E-state index contributed by atoms with van der Waals surface area (Å²) in [5, 5.41) is 11.6. The lowest BCUT2D eigenvalue weighted by Gasteiger charge is -2.08. The third-order valence-corrected chi connectivity index (χ3v) is 5.58. The molecule has 0 aliphatic rings. The van der Waals surface area contributed by atoms with Crippen LogP contribution in [0.5, 0.6) is 11.5 Å².